The molecule has 2 rings (SSSR count). The van der Waals surface area contributed by atoms with E-state index in [-0.39, 0.29) is 5.91 Å². The molecule has 0 saturated carbocycles. The zero-order valence-electron chi connectivity index (χ0n) is 13.0. The Morgan fingerprint density at radius 1 is 1.09 bits per heavy atom. The highest BCUT2D eigenvalue weighted by molar-refractivity contribution is 6.35. The molecule has 0 atom stereocenters. The highest BCUT2D eigenvalue weighted by atomic mass is 35.5. The van der Waals surface area contributed by atoms with Crippen molar-refractivity contribution in [2.75, 3.05) is 18.4 Å². The number of anilines is 1. The molecule has 3 nitrogen and oxygen atoms in total. The Kier molecular flexibility index (Phi) is 6.90. The molecule has 0 saturated heterocycles. The molecule has 0 bridgehead atoms. The fraction of sp³-hybridized carbons (Fsp3) is 0.278. The summed E-state index contributed by atoms with van der Waals surface area (Å²) in [5.74, 6) is 0.0105. The van der Waals surface area contributed by atoms with Crippen LogP contribution in [0.25, 0.3) is 0 Å². The van der Waals surface area contributed by atoms with Crippen molar-refractivity contribution in [1.29, 1.82) is 0 Å². The van der Waals surface area contributed by atoms with E-state index in [1.165, 1.54) is 0 Å². The van der Waals surface area contributed by atoms with Gasteiger partial charge in [0.2, 0.25) is 5.91 Å². The third kappa shape index (κ3) is 5.87. The summed E-state index contributed by atoms with van der Waals surface area (Å²) < 4.78 is 0. The summed E-state index contributed by atoms with van der Waals surface area (Å²) in [6.07, 6.45) is 1.23. The summed E-state index contributed by atoms with van der Waals surface area (Å²) in [6, 6.07) is 13.3. The standard InChI is InChI=1S/C18H20Cl2N2O/c1-13-4-2-3-5-17(13)22-18(23)9-11-21-10-8-14-6-7-15(19)12-16(14)20/h2-7,12,21H,8-11H2,1H3,(H,22,23). The summed E-state index contributed by atoms with van der Waals surface area (Å²) in [7, 11) is 0. The van der Waals surface area contributed by atoms with Crippen LogP contribution in [-0.2, 0) is 11.2 Å². The van der Waals surface area contributed by atoms with Crippen molar-refractivity contribution >= 4 is 34.8 Å². The summed E-state index contributed by atoms with van der Waals surface area (Å²) in [5.41, 5.74) is 2.98. The van der Waals surface area contributed by atoms with E-state index in [1.54, 1.807) is 6.07 Å². The number of amides is 1. The van der Waals surface area contributed by atoms with Crippen molar-refractivity contribution in [2.45, 2.75) is 19.8 Å². The van der Waals surface area contributed by atoms with Gasteiger partial charge in [-0.05, 0) is 49.2 Å². The molecule has 0 aromatic heterocycles. The molecule has 2 aromatic carbocycles. The molecule has 1 amide bonds. The maximum Gasteiger partial charge on any atom is 0.225 e. The number of rotatable bonds is 7. The second-order valence-electron chi connectivity index (χ2n) is 5.35. The van der Waals surface area contributed by atoms with E-state index in [1.807, 2.05) is 43.3 Å². The van der Waals surface area contributed by atoms with Crippen molar-refractivity contribution in [2.24, 2.45) is 0 Å². The average Bonchev–Trinajstić information content (AvgIpc) is 2.51. The van der Waals surface area contributed by atoms with E-state index >= 15 is 0 Å². The first-order valence-corrected chi connectivity index (χ1v) is 8.32. The number of hydrogen-bond acceptors (Lipinski definition) is 2. The van der Waals surface area contributed by atoms with E-state index in [0.717, 1.165) is 29.8 Å². The Morgan fingerprint density at radius 2 is 1.87 bits per heavy atom. The molecular formula is C18H20Cl2N2O. The fourth-order valence-corrected chi connectivity index (χ4v) is 2.70. The lowest BCUT2D eigenvalue weighted by Gasteiger charge is -2.09. The van der Waals surface area contributed by atoms with Crippen molar-refractivity contribution in [1.82, 2.24) is 5.32 Å². The second-order valence-corrected chi connectivity index (χ2v) is 6.19. The molecule has 0 aliphatic heterocycles. The summed E-state index contributed by atoms with van der Waals surface area (Å²) in [4.78, 5) is 11.9. The number of benzene rings is 2. The predicted molar refractivity (Wildman–Crippen MR) is 97.5 cm³/mol. The zero-order chi connectivity index (χ0) is 16.7. The van der Waals surface area contributed by atoms with Crippen LogP contribution in [0.3, 0.4) is 0 Å². The lowest BCUT2D eigenvalue weighted by molar-refractivity contribution is -0.116. The van der Waals surface area contributed by atoms with Gasteiger partial charge >= 0.3 is 0 Å². The lowest BCUT2D eigenvalue weighted by atomic mass is 10.1. The Balaban J connectivity index is 1.67. The van der Waals surface area contributed by atoms with Crippen LogP contribution in [0.1, 0.15) is 17.5 Å². The van der Waals surface area contributed by atoms with Gasteiger partial charge in [0.25, 0.3) is 0 Å². The highest BCUT2D eigenvalue weighted by Crippen LogP contribution is 2.21. The van der Waals surface area contributed by atoms with Gasteiger partial charge in [-0.2, -0.15) is 0 Å². The molecule has 23 heavy (non-hydrogen) atoms. The summed E-state index contributed by atoms with van der Waals surface area (Å²) in [5, 5.41) is 7.49. The smallest absolute Gasteiger partial charge is 0.225 e. The van der Waals surface area contributed by atoms with Crippen LogP contribution in [0.15, 0.2) is 42.5 Å². The van der Waals surface area contributed by atoms with Crippen LogP contribution < -0.4 is 10.6 Å². The average molecular weight is 351 g/mol. The number of carbonyl (C=O) groups excluding carboxylic acids is 1. The number of para-hydroxylation sites is 1. The highest BCUT2D eigenvalue weighted by Gasteiger charge is 2.04. The first-order chi connectivity index (χ1) is 11.1. The van der Waals surface area contributed by atoms with Gasteiger partial charge in [-0.25, -0.2) is 0 Å². The van der Waals surface area contributed by atoms with E-state index in [0.29, 0.717) is 23.0 Å². The van der Waals surface area contributed by atoms with Gasteiger partial charge in [0.05, 0.1) is 0 Å². The molecule has 0 radical (unpaired) electrons. The van der Waals surface area contributed by atoms with Gasteiger partial charge in [0, 0.05) is 28.7 Å². The Hall–Kier alpha value is -1.55. The maximum absolute atomic E-state index is 11.9. The predicted octanol–water partition coefficient (Wildman–Crippen LogP) is 4.46. The summed E-state index contributed by atoms with van der Waals surface area (Å²) >= 11 is 12.0. The first kappa shape index (κ1) is 17.8. The molecule has 0 aliphatic carbocycles. The Morgan fingerprint density at radius 3 is 2.61 bits per heavy atom. The van der Waals surface area contributed by atoms with Crippen LogP contribution in [0, 0.1) is 6.92 Å². The van der Waals surface area contributed by atoms with Crippen molar-refractivity contribution in [3.8, 4) is 0 Å². The van der Waals surface area contributed by atoms with E-state index in [2.05, 4.69) is 10.6 Å². The monoisotopic (exact) mass is 350 g/mol. The Labute approximate surface area is 147 Å². The van der Waals surface area contributed by atoms with Crippen LogP contribution >= 0.6 is 23.2 Å². The van der Waals surface area contributed by atoms with Crippen LogP contribution in [-0.4, -0.2) is 19.0 Å². The van der Waals surface area contributed by atoms with E-state index in [4.69, 9.17) is 23.2 Å². The maximum atomic E-state index is 11.9. The Bertz CT molecular complexity index is 674. The molecular weight excluding hydrogens is 331 g/mol. The number of nitrogens with one attached hydrogen (secondary N) is 2. The second kappa shape index (κ2) is 8.92. The topological polar surface area (TPSA) is 41.1 Å². The van der Waals surface area contributed by atoms with E-state index < -0.39 is 0 Å². The first-order valence-electron chi connectivity index (χ1n) is 7.56. The minimum atomic E-state index is 0.0105. The van der Waals surface area contributed by atoms with Gasteiger partial charge in [-0.1, -0.05) is 47.5 Å². The van der Waals surface area contributed by atoms with Gasteiger partial charge in [-0.3, -0.25) is 4.79 Å². The minimum Gasteiger partial charge on any atom is -0.326 e. The summed E-state index contributed by atoms with van der Waals surface area (Å²) in [6.45, 7) is 3.37. The molecule has 2 N–H and O–H groups in total. The van der Waals surface area contributed by atoms with Gasteiger partial charge in [0.1, 0.15) is 0 Å². The van der Waals surface area contributed by atoms with Gasteiger partial charge < -0.3 is 10.6 Å². The molecule has 2 aromatic rings. The molecule has 0 aliphatic rings. The quantitative estimate of drug-likeness (QED) is 0.723. The van der Waals surface area contributed by atoms with Crippen LogP contribution in [0.4, 0.5) is 5.69 Å². The molecule has 0 fully saturated rings. The minimum absolute atomic E-state index is 0.0105. The number of aryl methyl sites for hydroxylation is 1. The number of carbonyl (C=O) groups is 1. The van der Waals surface area contributed by atoms with Gasteiger partial charge in [-0.15, -0.1) is 0 Å². The largest absolute Gasteiger partial charge is 0.326 e. The van der Waals surface area contributed by atoms with Crippen molar-refractivity contribution < 1.29 is 4.79 Å². The molecule has 0 spiro atoms. The van der Waals surface area contributed by atoms with Gasteiger partial charge in [0.15, 0.2) is 0 Å². The van der Waals surface area contributed by atoms with E-state index in [9.17, 15) is 4.79 Å². The third-order valence-electron chi connectivity index (χ3n) is 3.53. The fourth-order valence-electron chi connectivity index (χ4n) is 2.20. The van der Waals surface area contributed by atoms with Crippen LogP contribution in [0.5, 0.6) is 0 Å². The molecule has 122 valence electrons. The van der Waals surface area contributed by atoms with Crippen molar-refractivity contribution in [3.05, 3.63) is 63.6 Å². The third-order valence-corrected chi connectivity index (χ3v) is 4.12. The SMILES string of the molecule is Cc1ccccc1NC(=O)CCNCCc1ccc(Cl)cc1Cl. The molecule has 0 unspecified atom stereocenters. The van der Waals surface area contributed by atoms with Crippen LogP contribution in [0.2, 0.25) is 10.0 Å². The number of hydrogen-bond donors (Lipinski definition) is 2. The lowest BCUT2D eigenvalue weighted by Crippen LogP contribution is -2.23. The number of halogens is 2. The zero-order valence-corrected chi connectivity index (χ0v) is 14.5. The molecule has 0 heterocycles. The van der Waals surface area contributed by atoms with Crippen molar-refractivity contribution in [3.63, 3.8) is 0 Å². The normalized spacial score (nSPS) is 10.6. The molecule has 5 heteroatoms.